The lowest BCUT2D eigenvalue weighted by molar-refractivity contribution is 0.660. The van der Waals surface area contributed by atoms with Crippen molar-refractivity contribution in [2.75, 3.05) is 0 Å². The summed E-state index contributed by atoms with van der Waals surface area (Å²) in [6.07, 6.45) is 2.24. The molecule has 0 radical (unpaired) electrons. The van der Waals surface area contributed by atoms with E-state index in [1.807, 2.05) is 0 Å². The van der Waals surface area contributed by atoms with Crippen LogP contribution in [0.2, 0.25) is 0 Å². The Bertz CT molecular complexity index is 338. The molecule has 2 rings (SSSR count). The van der Waals surface area contributed by atoms with E-state index in [1.54, 1.807) is 0 Å². The van der Waals surface area contributed by atoms with E-state index in [0.717, 1.165) is 12.8 Å². The molecule has 1 aliphatic rings. The summed E-state index contributed by atoms with van der Waals surface area (Å²) in [5.74, 6) is 0. The van der Waals surface area contributed by atoms with Gasteiger partial charge in [0.05, 0.1) is 0 Å². The SMILES string of the molecule is Cc1c(Br)ccc2c1CC[C@@H]2NCl. The van der Waals surface area contributed by atoms with E-state index in [4.69, 9.17) is 11.8 Å². The zero-order chi connectivity index (χ0) is 9.42. The molecule has 70 valence electrons. The number of halogens is 2. The third kappa shape index (κ3) is 1.51. The minimum absolute atomic E-state index is 0.337. The molecular formula is C10H11BrClN. The quantitative estimate of drug-likeness (QED) is 0.762. The summed E-state index contributed by atoms with van der Waals surface area (Å²) in [5.41, 5.74) is 4.16. The van der Waals surface area contributed by atoms with E-state index in [1.165, 1.54) is 21.2 Å². The molecule has 1 aromatic carbocycles. The van der Waals surface area contributed by atoms with E-state index in [9.17, 15) is 0 Å². The van der Waals surface area contributed by atoms with Crippen molar-refractivity contribution in [1.82, 2.24) is 4.84 Å². The second kappa shape index (κ2) is 3.60. The van der Waals surface area contributed by atoms with E-state index in [0.29, 0.717) is 6.04 Å². The summed E-state index contributed by atoms with van der Waals surface area (Å²) in [5, 5.41) is 0. The molecule has 0 spiro atoms. The van der Waals surface area contributed by atoms with Gasteiger partial charge in [0.2, 0.25) is 0 Å². The van der Waals surface area contributed by atoms with Crippen molar-refractivity contribution in [3.63, 3.8) is 0 Å². The molecule has 0 saturated heterocycles. The number of rotatable bonds is 1. The molecule has 1 nitrogen and oxygen atoms in total. The maximum Gasteiger partial charge on any atom is 0.0476 e. The van der Waals surface area contributed by atoms with Crippen molar-refractivity contribution in [1.29, 1.82) is 0 Å². The molecule has 1 aliphatic carbocycles. The molecule has 0 amide bonds. The maximum atomic E-state index is 5.67. The van der Waals surface area contributed by atoms with Crippen LogP contribution in [0.5, 0.6) is 0 Å². The van der Waals surface area contributed by atoms with Crippen LogP contribution in [-0.4, -0.2) is 0 Å². The normalized spacial score (nSPS) is 20.4. The van der Waals surface area contributed by atoms with Gasteiger partial charge in [-0.05, 0) is 54.3 Å². The predicted octanol–water partition coefficient (Wildman–Crippen LogP) is 3.49. The van der Waals surface area contributed by atoms with E-state index in [-0.39, 0.29) is 0 Å². The van der Waals surface area contributed by atoms with Gasteiger partial charge in [0.1, 0.15) is 0 Å². The molecule has 1 atom stereocenters. The molecule has 0 saturated carbocycles. The fourth-order valence-corrected chi connectivity index (χ4v) is 2.56. The highest BCUT2D eigenvalue weighted by atomic mass is 79.9. The zero-order valence-electron chi connectivity index (χ0n) is 7.40. The molecule has 0 aromatic heterocycles. The van der Waals surface area contributed by atoms with Gasteiger partial charge in [-0.1, -0.05) is 22.0 Å². The average Bonchev–Trinajstić information content (AvgIpc) is 2.55. The van der Waals surface area contributed by atoms with Crippen molar-refractivity contribution in [3.8, 4) is 0 Å². The summed E-state index contributed by atoms with van der Waals surface area (Å²) in [6.45, 7) is 2.15. The molecule has 1 N–H and O–H groups in total. The molecule has 1 aromatic rings. The highest BCUT2D eigenvalue weighted by molar-refractivity contribution is 9.10. The monoisotopic (exact) mass is 259 g/mol. The van der Waals surface area contributed by atoms with Crippen LogP contribution < -0.4 is 4.84 Å². The third-order valence-electron chi connectivity index (χ3n) is 2.76. The Kier molecular flexibility index (Phi) is 2.63. The number of fused-ring (bicyclic) bond motifs is 1. The Hall–Kier alpha value is -0.0500. The van der Waals surface area contributed by atoms with Crippen LogP contribution in [0.25, 0.3) is 0 Å². The zero-order valence-corrected chi connectivity index (χ0v) is 9.74. The molecule has 0 heterocycles. The van der Waals surface area contributed by atoms with Gasteiger partial charge in [-0.3, -0.25) is 0 Å². The first-order valence-corrected chi connectivity index (χ1v) is 5.55. The molecule has 0 bridgehead atoms. The van der Waals surface area contributed by atoms with Crippen molar-refractivity contribution in [2.45, 2.75) is 25.8 Å². The number of hydrogen-bond acceptors (Lipinski definition) is 1. The minimum Gasteiger partial charge on any atom is -0.226 e. The van der Waals surface area contributed by atoms with Gasteiger partial charge in [-0.2, -0.15) is 0 Å². The average molecular weight is 261 g/mol. The van der Waals surface area contributed by atoms with E-state index < -0.39 is 0 Å². The highest BCUT2D eigenvalue weighted by Crippen LogP contribution is 2.36. The first kappa shape index (κ1) is 9.50. The van der Waals surface area contributed by atoms with Crippen LogP contribution in [0.3, 0.4) is 0 Å². The molecular weight excluding hydrogens is 249 g/mol. The van der Waals surface area contributed by atoms with Crippen LogP contribution in [-0.2, 0) is 6.42 Å². The number of nitrogens with one attached hydrogen (secondary N) is 1. The Labute approximate surface area is 91.7 Å². The van der Waals surface area contributed by atoms with Crippen LogP contribution in [0.15, 0.2) is 16.6 Å². The highest BCUT2D eigenvalue weighted by Gasteiger charge is 2.23. The second-order valence-electron chi connectivity index (χ2n) is 3.44. The lowest BCUT2D eigenvalue weighted by Crippen LogP contribution is -2.06. The Balaban J connectivity index is 2.50. The molecule has 13 heavy (non-hydrogen) atoms. The predicted molar refractivity (Wildman–Crippen MR) is 58.9 cm³/mol. The van der Waals surface area contributed by atoms with E-state index in [2.05, 4.69) is 39.8 Å². The van der Waals surface area contributed by atoms with Crippen molar-refractivity contribution in [2.24, 2.45) is 0 Å². The van der Waals surface area contributed by atoms with Gasteiger partial charge in [-0.15, -0.1) is 0 Å². The Morgan fingerprint density at radius 1 is 1.54 bits per heavy atom. The molecule has 0 unspecified atom stereocenters. The Morgan fingerprint density at radius 3 is 3.00 bits per heavy atom. The van der Waals surface area contributed by atoms with Gasteiger partial charge in [0, 0.05) is 10.5 Å². The van der Waals surface area contributed by atoms with Crippen LogP contribution >= 0.6 is 27.7 Å². The lowest BCUT2D eigenvalue weighted by Gasteiger charge is -2.10. The minimum atomic E-state index is 0.337. The number of hydrogen-bond donors (Lipinski definition) is 1. The van der Waals surface area contributed by atoms with E-state index >= 15 is 0 Å². The van der Waals surface area contributed by atoms with Crippen molar-refractivity contribution >= 4 is 27.7 Å². The summed E-state index contributed by atoms with van der Waals surface area (Å²) in [7, 11) is 0. The summed E-state index contributed by atoms with van der Waals surface area (Å²) in [6, 6.07) is 4.59. The Morgan fingerprint density at radius 2 is 2.31 bits per heavy atom. The third-order valence-corrected chi connectivity index (χ3v) is 3.88. The summed E-state index contributed by atoms with van der Waals surface area (Å²) >= 11 is 9.20. The summed E-state index contributed by atoms with van der Waals surface area (Å²) < 4.78 is 1.20. The van der Waals surface area contributed by atoms with Gasteiger partial charge in [-0.25, -0.2) is 4.84 Å². The first-order chi connectivity index (χ1) is 6.24. The van der Waals surface area contributed by atoms with Crippen molar-refractivity contribution < 1.29 is 0 Å². The van der Waals surface area contributed by atoms with Gasteiger partial charge >= 0.3 is 0 Å². The van der Waals surface area contributed by atoms with Gasteiger partial charge in [0.25, 0.3) is 0 Å². The van der Waals surface area contributed by atoms with Gasteiger partial charge in [0.15, 0.2) is 0 Å². The standard InChI is InChI=1S/C10H11BrClN/c1-6-7-3-5-10(13-12)8(7)2-4-9(6)11/h2,4,10,13H,3,5H2,1H3/t10-/m0/s1. The van der Waals surface area contributed by atoms with Crippen LogP contribution in [0, 0.1) is 6.92 Å². The molecule has 3 heteroatoms. The largest absolute Gasteiger partial charge is 0.226 e. The second-order valence-corrected chi connectivity index (χ2v) is 4.51. The van der Waals surface area contributed by atoms with Crippen LogP contribution in [0.4, 0.5) is 0 Å². The molecule has 0 fully saturated rings. The topological polar surface area (TPSA) is 12.0 Å². The number of benzene rings is 1. The lowest BCUT2D eigenvalue weighted by atomic mass is 10.0. The smallest absolute Gasteiger partial charge is 0.0476 e. The van der Waals surface area contributed by atoms with Crippen molar-refractivity contribution in [3.05, 3.63) is 33.3 Å². The first-order valence-electron chi connectivity index (χ1n) is 4.38. The van der Waals surface area contributed by atoms with Crippen LogP contribution in [0.1, 0.15) is 29.2 Å². The fourth-order valence-electron chi connectivity index (χ4n) is 1.97. The fraction of sp³-hybridized carbons (Fsp3) is 0.400. The molecule has 0 aliphatic heterocycles. The van der Waals surface area contributed by atoms with Gasteiger partial charge < -0.3 is 0 Å². The maximum absolute atomic E-state index is 5.67. The summed E-state index contributed by atoms with van der Waals surface area (Å²) in [4.78, 5) is 2.82.